The van der Waals surface area contributed by atoms with Crippen LogP contribution in [0.2, 0.25) is 5.15 Å². The van der Waals surface area contributed by atoms with E-state index in [0.29, 0.717) is 4.60 Å². The van der Waals surface area contributed by atoms with Crippen molar-refractivity contribution in [3.8, 4) is 5.88 Å². The Morgan fingerprint density at radius 2 is 2.23 bits per heavy atom. The van der Waals surface area contributed by atoms with Crippen LogP contribution in [0.1, 0.15) is 10.5 Å². The lowest BCUT2D eigenvalue weighted by Crippen LogP contribution is -2.15. The Balaban J connectivity index is 3.33. The molecule has 0 unspecified atom stereocenters. The maximum Gasteiger partial charge on any atom is 0.273 e. The van der Waals surface area contributed by atoms with Gasteiger partial charge in [0.05, 0.1) is 7.11 Å². The number of amides is 1. The molecule has 1 heterocycles. The number of hydrogen-bond acceptors (Lipinski definition) is 4. The number of rotatable bonds is 2. The van der Waals surface area contributed by atoms with Crippen LogP contribution in [-0.2, 0) is 0 Å². The van der Waals surface area contributed by atoms with Gasteiger partial charge in [-0.1, -0.05) is 11.6 Å². The van der Waals surface area contributed by atoms with E-state index in [1.807, 2.05) is 0 Å². The van der Waals surface area contributed by atoms with Crippen molar-refractivity contribution < 1.29 is 9.53 Å². The first-order valence-corrected chi connectivity index (χ1v) is 4.30. The quantitative estimate of drug-likeness (QED) is 0.866. The van der Waals surface area contributed by atoms with Crippen LogP contribution in [-0.4, -0.2) is 23.0 Å². The summed E-state index contributed by atoms with van der Waals surface area (Å²) in [6.45, 7) is 0. The summed E-state index contributed by atoms with van der Waals surface area (Å²) in [4.78, 5) is 18.3. The average molecular weight is 266 g/mol. The third-order valence-corrected chi connectivity index (χ3v) is 2.25. The van der Waals surface area contributed by atoms with E-state index in [1.165, 1.54) is 7.11 Å². The van der Waals surface area contributed by atoms with Crippen LogP contribution < -0.4 is 10.5 Å². The smallest absolute Gasteiger partial charge is 0.273 e. The first-order valence-electron chi connectivity index (χ1n) is 3.13. The molecule has 0 fully saturated rings. The Hall–Kier alpha value is -0.880. The van der Waals surface area contributed by atoms with Gasteiger partial charge >= 0.3 is 0 Å². The molecule has 5 nitrogen and oxygen atoms in total. The monoisotopic (exact) mass is 265 g/mol. The molecule has 0 saturated heterocycles. The number of aromatic nitrogens is 2. The van der Waals surface area contributed by atoms with E-state index in [9.17, 15) is 4.79 Å². The molecule has 0 aliphatic rings. The molecule has 70 valence electrons. The summed E-state index contributed by atoms with van der Waals surface area (Å²) in [5.74, 6) is -0.692. The first-order chi connectivity index (χ1) is 6.06. The molecule has 0 radical (unpaired) electrons. The highest BCUT2D eigenvalue weighted by Crippen LogP contribution is 2.23. The van der Waals surface area contributed by atoms with Gasteiger partial charge in [0.25, 0.3) is 5.91 Å². The van der Waals surface area contributed by atoms with Crippen LogP contribution in [0.15, 0.2) is 4.60 Å². The Morgan fingerprint density at radius 3 is 2.69 bits per heavy atom. The zero-order valence-electron chi connectivity index (χ0n) is 6.54. The maximum absolute atomic E-state index is 10.8. The molecule has 0 aliphatic heterocycles. The summed E-state index contributed by atoms with van der Waals surface area (Å²) in [7, 11) is 1.36. The summed E-state index contributed by atoms with van der Waals surface area (Å²) >= 11 is 8.64. The molecular weight excluding hydrogens is 261 g/mol. The van der Waals surface area contributed by atoms with E-state index < -0.39 is 5.91 Å². The second-order valence-electron chi connectivity index (χ2n) is 2.03. The maximum atomic E-state index is 10.8. The first kappa shape index (κ1) is 10.2. The number of primary amides is 1. The Morgan fingerprint density at radius 1 is 1.62 bits per heavy atom. The van der Waals surface area contributed by atoms with Crippen molar-refractivity contribution in [1.82, 2.24) is 9.97 Å². The molecule has 0 atom stereocenters. The van der Waals surface area contributed by atoms with Crippen molar-refractivity contribution in [3.63, 3.8) is 0 Å². The minimum absolute atomic E-state index is 0.0452. The zero-order chi connectivity index (χ0) is 10.0. The fourth-order valence-electron chi connectivity index (χ4n) is 0.683. The zero-order valence-corrected chi connectivity index (χ0v) is 8.89. The van der Waals surface area contributed by atoms with E-state index in [1.54, 1.807) is 0 Å². The summed E-state index contributed by atoms with van der Waals surface area (Å²) in [6.07, 6.45) is 0. The number of methoxy groups -OCH3 is 1. The second kappa shape index (κ2) is 3.89. The summed E-state index contributed by atoms with van der Waals surface area (Å²) in [5, 5.41) is 0.0644. The highest BCUT2D eigenvalue weighted by atomic mass is 79.9. The van der Waals surface area contributed by atoms with Crippen LogP contribution in [0, 0.1) is 0 Å². The van der Waals surface area contributed by atoms with Gasteiger partial charge in [-0.25, -0.2) is 9.97 Å². The van der Waals surface area contributed by atoms with Gasteiger partial charge < -0.3 is 10.5 Å². The van der Waals surface area contributed by atoms with E-state index in [2.05, 4.69) is 25.9 Å². The predicted molar refractivity (Wildman–Crippen MR) is 49.8 cm³/mol. The number of ether oxygens (including phenoxy) is 1. The summed E-state index contributed by atoms with van der Waals surface area (Å²) in [5.41, 5.74) is 4.93. The van der Waals surface area contributed by atoms with Crippen molar-refractivity contribution in [2.24, 2.45) is 5.73 Å². The fraction of sp³-hybridized carbons (Fsp3) is 0.167. The molecule has 2 N–H and O–H groups in total. The third-order valence-electron chi connectivity index (χ3n) is 1.21. The van der Waals surface area contributed by atoms with Gasteiger partial charge in [-0.05, 0) is 15.9 Å². The lowest BCUT2D eigenvalue weighted by atomic mass is 10.4. The molecule has 1 rings (SSSR count). The van der Waals surface area contributed by atoms with Gasteiger partial charge in [-0.15, -0.1) is 0 Å². The fourth-order valence-corrected chi connectivity index (χ4v) is 1.06. The number of hydrogen-bond donors (Lipinski definition) is 1. The molecule has 0 saturated carbocycles. The van der Waals surface area contributed by atoms with Crippen molar-refractivity contribution in [2.45, 2.75) is 0 Å². The van der Waals surface area contributed by atoms with E-state index >= 15 is 0 Å². The number of nitrogens with two attached hydrogens (primary N) is 1. The molecule has 0 aliphatic carbocycles. The van der Waals surface area contributed by atoms with Crippen LogP contribution >= 0.6 is 27.5 Å². The lowest BCUT2D eigenvalue weighted by Gasteiger charge is -2.04. The largest absolute Gasteiger partial charge is 0.479 e. The van der Waals surface area contributed by atoms with Gasteiger partial charge in [-0.3, -0.25) is 4.79 Å². The second-order valence-corrected chi connectivity index (χ2v) is 3.14. The van der Waals surface area contributed by atoms with Crippen molar-refractivity contribution in [1.29, 1.82) is 0 Å². The van der Waals surface area contributed by atoms with Gasteiger partial charge in [-0.2, -0.15) is 0 Å². The standard InChI is InChI=1S/C6H5BrClN3O2/c1-13-6-2(5(9)12)10-4(8)3(7)11-6/h1H3,(H2,9,12). The normalized spacial score (nSPS) is 9.77. The van der Waals surface area contributed by atoms with Crippen LogP contribution in [0.3, 0.4) is 0 Å². The number of halogens is 2. The number of carbonyl (C=O) groups excluding carboxylic acids is 1. The molecule has 1 aromatic rings. The number of nitrogens with zero attached hydrogens (tertiary/aromatic N) is 2. The molecule has 7 heteroatoms. The third kappa shape index (κ3) is 2.07. The topological polar surface area (TPSA) is 78.1 Å². The Kier molecular flexibility index (Phi) is 3.05. The van der Waals surface area contributed by atoms with E-state index in [-0.39, 0.29) is 16.7 Å². The molecule has 1 amide bonds. The Bertz CT molecular complexity index is 358. The van der Waals surface area contributed by atoms with E-state index in [4.69, 9.17) is 22.1 Å². The van der Waals surface area contributed by atoms with Gasteiger partial charge in [0, 0.05) is 0 Å². The van der Waals surface area contributed by atoms with Crippen molar-refractivity contribution in [2.75, 3.05) is 7.11 Å². The highest BCUT2D eigenvalue weighted by Gasteiger charge is 2.15. The van der Waals surface area contributed by atoms with Crippen molar-refractivity contribution in [3.05, 3.63) is 15.5 Å². The average Bonchev–Trinajstić information content (AvgIpc) is 2.08. The molecule has 0 spiro atoms. The highest BCUT2D eigenvalue weighted by molar-refractivity contribution is 9.10. The summed E-state index contributed by atoms with van der Waals surface area (Å²) in [6, 6.07) is 0. The molecule has 13 heavy (non-hydrogen) atoms. The van der Waals surface area contributed by atoms with Crippen molar-refractivity contribution >= 4 is 33.4 Å². The van der Waals surface area contributed by atoms with Gasteiger partial charge in [0.2, 0.25) is 5.88 Å². The summed E-state index contributed by atoms with van der Waals surface area (Å²) < 4.78 is 5.08. The van der Waals surface area contributed by atoms with E-state index in [0.717, 1.165) is 0 Å². The Labute approximate surface area is 87.4 Å². The van der Waals surface area contributed by atoms with Crippen LogP contribution in [0.25, 0.3) is 0 Å². The molecule has 0 aromatic carbocycles. The van der Waals surface area contributed by atoms with Crippen LogP contribution in [0.4, 0.5) is 0 Å². The molecule has 1 aromatic heterocycles. The SMILES string of the molecule is COc1nc(Br)c(Cl)nc1C(N)=O. The predicted octanol–water partition coefficient (Wildman–Crippen LogP) is 1.00. The number of carbonyl (C=O) groups is 1. The van der Waals surface area contributed by atoms with Crippen LogP contribution in [0.5, 0.6) is 5.88 Å². The van der Waals surface area contributed by atoms with Gasteiger partial charge in [0.1, 0.15) is 4.60 Å². The minimum atomic E-state index is -0.737. The lowest BCUT2D eigenvalue weighted by molar-refractivity contribution is 0.0991. The molecule has 0 bridgehead atoms. The minimum Gasteiger partial charge on any atom is -0.479 e. The van der Waals surface area contributed by atoms with Gasteiger partial charge in [0.15, 0.2) is 10.8 Å². The molecular formula is C6H5BrClN3O2.